The van der Waals surface area contributed by atoms with E-state index in [1.165, 1.54) is 29.4 Å². The highest BCUT2D eigenvalue weighted by Crippen LogP contribution is 2.27. The van der Waals surface area contributed by atoms with Crippen molar-refractivity contribution in [3.63, 3.8) is 0 Å². The Bertz CT molecular complexity index is 370. The van der Waals surface area contributed by atoms with Gasteiger partial charge >= 0.3 is 0 Å². The standard InChI is InChI=1S/C12H18ClNSi/c1-4-14-8-7-10-5-6-11(9-12(10)14)15(2,3)13/h5-6,9H,4,7-8H2,1-3H3. The monoisotopic (exact) mass is 239 g/mol. The molecule has 15 heavy (non-hydrogen) atoms. The molecule has 1 aromatic carbocycles. The second-order valence-electron chi connectivity index (χ2n) is 4.65. The number of nitrogens with zero attached hydrogens (tertiary/aromatic N) is 1. The van der Waals surface area contributed by atoms with Crippen LogP contribution in [0.3, 0.4) is 0 Å². The molecular formula is C12H18ClNSi. The first-order valence-electron chi connectivity index (χ1n) is 5.59. The predicted molar refractivity (Wildman–Crippen MR) is 71.0 cm³/mol. The minimum Gasteiger partial charge on any atom is -0.371 e. The number of halogens is 1. The molecule has 1 heterocycles. The van der Waals surface area contributed by atoms with Gasteiger partial charge in [0.15, 0.2) is 7.38 Å². The zero-order valence-corrected chi connectivity index (χ0v) is 11.4. The maximum Gasteiger partial charge on any atom is 0.180 e. The number of hydrogen-bond acceptors (Lipinski definition) is 1. The average Bonchev–Trinajstić information content (AvgIpc) is 2.57. The van der Waals surface area contributed by atoms with Crippen LogP contribution in [0.1, 0.15) is 12.5 Å². The van der Waals surface area contributed by atoms with Gasteiger partial charge in [0, 0.05) is 18.8 Å². The summed E-state index contributed by atoms with van der Waals surface area (Å²) in [5.41, 5.74) is 2.90. The second kappa shape index (κ2) is 3.83. The lowest BCUT2D eigenvalue weighted by Gasteiger charge is -2.20. The van der Waals surface area contributed by atoms with Crippen molar-refractivity contribution in [2.75, 3.05) is 18.0 Å². The Labute approximate surface area is 97.8 Å². The van der Waals surface area contributed by atoms with Gasteiger partial charge in [-0.3, -0.25) is 0 Å². The highest BCUT2D eigenvalue weighted by molar-refractivity contribution is 7.26. The van der Waals surface area contributed by atoms with Crippen molar-refractivity contribution in [2.45, 2.75) is 26.4 Å². The van der Waals surface area contributed by atoms with Crippen LogP contribution in [0.25, 0.3) is 0 Å². The summed E-state index contributed by atoms with van der Waals surface area (Å²) in [6.45, 7) is 8.84. The van der Waals surface area contributed by atoms with Gasteiger partial charge in [-0.1, -0.05) is 25.2 Å². The van der Waals surface area contributed by atoms with Gasteiger partial charge in [-0.2, -0.15) is 11.1 Å². The fourth-order valence-electron chi connectivity index (χ4n) is 2.14. The first kappa shape index (κ1) is 11.0. The molecule has 1 nitrogen and oxygen atoms in total. The number of likely N-dealkylation sites (N-methyl/N-ethyl adjacent to an activating group) is 1. The maximum atomic E-state index is 6.47. The molecule has 0 atom stereocenters. The van der Waals surface area contributed by atoms with Crippen LogP contribution in [-0.2, 0) is 6.42 Å². The molecule has 0 spiro atoms. The van der Waals surface area contributed by atoms with E-state index in [4.69, 9.17) is 11.1 Å². The molecule has 1 aliphatic rings. The Balaban J connectivity index is 2.41. The van der Waals surface area contributed by atoms with Gasteiger partial charge < -0.3 is 4.90 Å². The van der Waals surface area contributed by atoms with Gasteiger partial charge in [-0.05, 0) is 30.2 Å². The fraction of sp³-hybridized carbons (Fsp3) is 0.500. The lowest BCUT2D eigenvalue weighted by atomic mass is 10.2. The first-order chi connectivity index (χ1) is 7.02. The van der Waals surface area contributed by atoms with Gasteiger partial charge in [0.1, 0.15) is 0 Å². The zero-order chi connectivity index (χ0) is 11.1. The Morgan fingerprint density at radius 1 is 1.40 bits per heavy atom. The van der Waals surface area contributed by atoms with Crippen molar-refractivity contribution in [1.82, 2.24) is 0 Å². The van der Waals surface area contributed by atoms with E-state index >= 15 is 0 Å². The van der Waals surface area contributed by atoms with Crippen molar-refractivity contribution in [1.29, 1.82) is 0 Å². The van der Waals surface area contributed by atoms with Crippen LogP contribution in [0, 0.1) is 0 Å². The molecule has 0 unspecified atom stereocenters. The molecule has 1 aliphatic heterocycles. The van der Waals surface area contributed by atoms with Crippen LogP contribution in [0.2, 0.25) is 13.1 Å². The summed E-state index contributed by atoms with van der Waals surface area (Å²) in [5.74, 6) is 0. The number of fused-ring (bicyclic) bond motifs is 1. The number of rotatable bonds is 2. The normalized spacial score (nSPS) is 15.6. The topological polar surface area (TPSA) is 3.24 Å². The summed E-state index contributed by atoms with van der Waals surface area (Å²) >= 11 is 6.47. The molecule has 0 aromatic heterocycles. The van der Waals surface area contributed by atoms with E-state index < -0.39 is 7.38 Å². The Morgan fingerprint density at radius 3 is 2.73 bits per heavy atom. The van der Waals surface area contributed by atoms with Crippen LogP contribution in [0.4, 0.5) is 5.69 Å². The van der Waals surface area contributed by atoms with Crippen molar-refractivity contribution in [3.8, 4) is 0 Å². The van der Waals surface area contributed by atoms with Crippen LogP contribution >= 0.6 is 11.1 Å². The zero-order valence-electron chi connectivity index (χ0n) is 9.68. The summed E-state index contributed by atoms with van der Waals surface area (Å²) < 4.78 is 0. The van der Waals surface area contributed by atoms with E-state index in [1.807, 2.05) is 0 Å². The molecule has 0 saturated heterocycles. The molecule has 1 aromatic rings. The quantitative estimate of drug-likeness (QED) is 0.567. The van der Waals surface area contributed by atoms with Crippen molar-refractivity contribution < 1.29 is 0 Å². The predicted octanol–water partition coefficient (Wildman–Crippen LogP) is 2.72. The van der Waals surface area contributed by atoms with Crippen molar-refractivity contribution in [3.05, 3.63) is 23.8 Å². The largest absolute Gasteiger partial charge is 0.371 e. The number of anilines is 1. The maximum absolute atomic E-state index is 6.47. The summed E-state index contributed by atoms with van der Waals surface area (Å²) in [7, 11) is -1.67. The lowest BCUT2D eigenvalue weighted by molar-refractivity contribution is 0.868. The smallest absolute Gasteiger partial charge is 0.180 e. The van der Waals surface area contributed by atoms with E-state index in [1.54, 1.807) is 0 Å². The minimum absolute atomic E-state index is 1.10. The Hall–Kier alpha value is -0.473. The highest BCUT2D eigenvalue weighted by atomic mass is 35.6. The summed E-state index contributed by atoms with van der Waals surface area (Å²) in [4.78, 5) is 2.44. The van der Waals surface area contributed by atoms with E-state index in [0.717, 1.165) is 6.54 Å². The molecule has 0 saturated carbocycles. The molecule has 0 aliphatic carbocycles. The minimum atomic E-state index is -1.67. The number of benzene rings is 1. The lowest BCUT2D eigenvalue weighted by Crippen LogP contribution is -2.35. The molecular weight excluding hydrogens is 222 g/mol. The van der Waals surface area contributed by atoms with Crippen LogP contribution in [-0.4, -0.2) is 20.5 Å². The number of hydrogen-bond donors (Lipinski definition) is 0. The average molecular weight is 240 g/mol. The van der Waals surface area contributed by atoms with Gasteiger partial charge in [0.25, 0.3) is 0 Å². The fourth-order valence-corrected chi connectivity index (χ4v) is 3.46. The Morgan fingerprint density at radius 2 is 2.13 bits per heavy atom. The summed E-state index contributed by atoms with van der Waals surface area (Å²) in [6.07, 6.45) is 1.19. The third-order valence-electron chi connectivity index (χ3n) is 3.15. The molecule has 82 valence electrons. The van der Waals surface area contributed by atoms with E-state index in [9.17, 15) is 0 Å². The van der Waals surface area contributed by atoms with Crippen LogP contribution < -0.4 is 10.1 Å². The molecule has 2 rings (SSSR count). The SMILES string of the molecule is CCN1CCc2ccc([Si](C)(C)Cl)cc21. The molecule has 0 fully saturated rings. The van der Waals surface area contributed by atoms with E-state index in [-0.39, 0.29) is 0 Å². The van der Waals surface area contributed by atoms with Gasteiger partial charge in [0.05, 0.1) is 0 Å². The summed E-state index contributed by atoms with van der Waals surface area (Å²) in [5, 5.41) is 1.35. The molecule has 0 bridgehead atoms. The molecule has 0 amide bonds. The van der Waals surface area contributed by atoms with Crippen LogP contribution in [0.15, 0.2) is 18.2 Å². The van der Waals surface area contributed by atoms with Crippen LogP contribution in [0.5, 0.6) is 0 Å². The molecule has 0 N–H and O–H groups in total. The van der Waals surface area contributed by atoms with E-state index in [0.29, 0.717) is 0 Å². The van der Waals surface area contributed by atoms with Crippen molar-refractivity contribution >= 4 is 29.3 Å². The molecule has 3 heteroatoms. The van der Waals surface area contributed by atoms with Gasteiger partial charge in [0.2, 0.25) is 0 Å². The first-order valence-corrected chi connectivity index (χ1v) is 9.61. The van der Waals surface area contributed by atoms with Crippen molar-refractivity contribution in [2.24, 2.45) is 0 Å². The Kier molecular flexibility index (Phi) is 2.82. The van der Waals surface area contributed by atoms with Gasteiger partial charge in [-0.15, -0.1) is 0 Å². The van der Waals surface area contributed by atoms with E-state index in [2.05, 4.69) is 43.1 Å². The third kappa shape index (κ3) is 2.06. The third-order valence-corrected chi connectivity index (χ3v) is 5.48. The molecule has 0 radical (unpaired) electrons. The second-order valence-corrected chi connectivity index (χ2v) is 11.0. The highest BCUT2D eigenvalue weighted by Gasteiger charge is 2.24. The summed E-state index contributed by atoms with van der Waals surface area (Å²) in [6, 6.07) is 6.79. The van der Waals surface area contributed by atoms with Gasteiger partial charge in [-0.25, -0.2) is 0 Å².